The number of benzene rings is 9. The van der Waals surface area contributed by atoms with Crippen molar-refractivity contribution in [2.75, 3.05) is 0 Å². The standard InChI is InChI=1S/C48H30O/c1-5-13-31(14-6-1)37-25-21-34-24-28-41-39(26-22-35-23-27-40(37)43(34)44(35)41)42-30-29-38(32-15-7-2-8-16-32)48-46(42)45(33-17-9-3-10-18-33)47(49-48)36-19-11-4-12-20-36/h1-30H. The van der Waals surface area contributed by atoms with Crippen LogP contribution in [0.2, 0.25) is 0 Å². The van der Waals surface area contributed by atoms with E-state index in [-0.39, 0.29) is 0 Å². The lowest BCUT2D eigenvalue weighted by molar-refractivity contribution is 0.633. The summed E-state index contributed by atoms with van der Waals surface area (Å²) in [7, 11) is 0. The average molecular weight is 623 g/mol. The van der Waals surface area contributed by atoms with Crippen LogP contribution >= 0.6 is 0 Å². The zero-order valence-electron chi connectivity index (χ0n) is 26.7. The van der Waals surface area contributed by atoms with Crippen molar-refractivity contribution >= 4 is 43.3 Å². The predicted octanol–water partition coefficient (Wildman–Crippen LogP) is 13.7. The molecule has 0 amide bonds. The van der Waals surface area contributed by atoms with Gasteiger partial charge in [0, 0.05) is 22.1 Å². The maximum absolute atomic E-state index is 7.08. The maximum atomic E-state index is 7.08. The van der Waals surface area contributed by atoms with Crippen molar-refractivity contribution in [2.45, 2.75) is 0 Å². The zero-order valence-corrected chi connectivity index (χ0v) is 26.7. The Hall–Kier alpha value is -6.44. The fourth-order valence-electron chi connectivity index (χ4n) is 7.85. The molecule has 0 fully saturated rings. The van der Waals surface area contributed by atoms with Crippen LogP contribution in [0.25, 0.3) is 99.1 Å². The van der Waals surface area contributed by atoms with Gasteiger partial charge in [0.1, 0.15) is 11.3 Å². The molecule has 1 nitrogen and oxygen atoms in total. The number of fused-ring (bicyclic) bond motifs is 1. The van der Waals surface area contributed by atoms with Crippen LogP contribution in [0.4, 0.5) is 0 Å². The molecule has 0 saturated carbocycles. The van der Waals surface area contributed by atoms with Gasteiger partial charge in [0.05, 0.1) is 0 Å². The second-order valence-electron chi connectivity index (χ2n) is 12.8. The van der Waals surface area contributed by atoms with Crippen molar-refractivity contribution in [1.82, 2.24) is 0 Å². The monoisotopic (exact) mass is 622 g/mol. The highest BCUT2D eigenvalue weighted by Crippen LogP contribution is 2.50. The summed E-state index contributed by atoms with van der Waals surface area (Å²) in [4.78, 5) is 0. The van der Waals surface area contributed by atoms with Crippen LogP contribution in [0.15, 0.2) is 186 Å². The van der Waals surface area contributed by atoms with Crippen LogP contribution < -0.4 is 0 Å². The number of hydrogen-bond acceptors (Lipinski definition) is 1. The van der Waals surface area contributed by atoms with Crippen LogP contribution in [0.1, 0.15) is 0 Å². The van der Waals surface area contributed by atoms with E-state index >= 15 is 0 Å². The molecule has 10 rings (SSSR count). The van der Waals surface area contributed by atoms with Crippen molar-refractivity contribution in [1.29, 1.82) is 0 Å². The first-order chi connectivity index (χ1) is 24.3. The average Bonchev–Trinajstić information content (AvgIpc) is 3.59. The summed E-state index contributed by atoms with van der Waals surface area (Å²) in [5.41, 5.74) is 11.3. The fourth-order valence-corrected chi connectivity index (χ4v) is 7.85. The molecule has 0 unspecified atom stereocenters. The lowest BCUT2D eigenvalue weighted by Crippen LogP contribution is -1.91. The van der Waals surface area contributed by atoms with Crippen LogP contribution in [0.5, 0.6) is 0 Å². The highest BCUT2D eigenvalue weighted by molar-refractivity contribution is 6.28. The highest BCUT2D eigenvalue weighted by Gasteiger charge is 2.25. The maximum Gasteiger partial charge on any atom is 0.143 e. The quantitative estimate of drug-likeness (QED) is 0.174. The van der Waals surface area contributed by atoms with Crippen molar-refractivity contribution < 1.29 is 4.42 Å². The third kappa shape index (κ3) is 4.33. The molecule has 1 heteroatoms. The van der Waals surface area contributed by atoms with Gasteiger partial charge in [-0.05, 0) is 71.8 Å². The second-order valence-corrected chi connectivity index (χ2v) is 12.8. The van der Waals surface area contributed by atoms with Crippen molar-refractivity contribution in [3.8, 4) is 55.8 Å². The molecule has 0 aliphatic carbocycles. The molecular formula is C48H30O. The van der Waals surface area contributed by atoms with Crippen LogP contribution in [0, 0.1) is 0 Å². The summed E-state index contributed by atoms with van der Waals surface area (Å²) >= 11 is 0. The lowest BCUT2D eigenvalue weighted by atomic mass is 9.85. The van der Waals surface area contributed by atoms with E-state index in [9.17, 15) is 0 Å². The molecule has 1 heterocycles. The molecule has 0 aliphatic rings. The number of rotatable bonds is 5. The normalized spacial score (nSPS) is 11.7. The summed E-state index contributed by atoms with van der Waals surface area (Å²) in [6.07, 6.45) is 0. The molecule has 0 aliphatic heterocycles. The molecule has 228 valence electrons. The topological polar surface area (TPSA) is 13.1 Å². The Morgan fingerprint density at radius 3 is 1.31 bits per heavy atom. The van der Waals surface area contributed by atoms with Gasteiger partial charge in [0.25, 0.3) is 0 Å². The molecule has 0 atom stereocenters. The molecule has 0 spiro atoms. The molecular weight excluding hydrogens is 593 g/mol. The first-order valence-electron chi connectivity index (χ1n) is 16.9. The molecule has 0 N–H and O–H groups in total. The number of hydrogen-bond donors (Lipinski definition) is 0. The third-order valence-corrected chi connectivity index (χ3v) is 10.1. The molecule has 49 heavy (non-hydrogen) atoms. The molecule has 10 aromatic rings. The van der Waals surface area contributed by atoms with Gasteiger partial charge < -0.3 is 4.42 Å². The van der Waals surface area contributed by atoms with Crippen molar-refractivity contribution in [3.05, 3.63) is 182 Å². The van der Waals surface area contributed by atoms with E-state index in [1.165, 1.54) is 54.6 Å². The van der Waals surface area contributed by atoms with Gasteiger partial charge in [-0.2, -0.15) is 0 Å². The van der Waals surface area contributed by atoms with Crippen LogP contribution in [-0.4, -0.2) is 0 Å². The Bertz CT molecular complexity index is 2780. The van der Waals surface area contributed by atoms with Gasteiger partial charge in [-0.1, -0.05) is 176 Å². The Morgan fingerprint density at radius 1 is 0.286 bits per heavy atom. The van der Waals surface area contributed by atoms with E-state index in [4.69, 9.17) is 4.42 Å². The van der Waals surface area contributed by atoms with Gasteiger partial charge in [-0.3, -0.25) is 0 Å². The van der Waals surface area contributed by atoms with Crippen LogP contribution in [-0.2, 0) is 0 Å². The smallest absolute Gasteiger partial charge is 0.143 e. The predicted molar refractivity (Wildman–Crippen MR) is 207 cm³/mol. The fraction of sp³-hybridized carbons (Fsp3) is 0. The Morgan fingerprint density at radius 2 is 0.714 bits per heavy atom. The van der Waals surface area contributed by atoms with E-state index in [1.54, 1.807) is 0 Å². The van der Waals surface area contributed by atoms with Gasteiger partial charge in [0.2, 0.25) is 0 Å². The first-order valence-corrected chi connectivity index (χ1v) is 16.9. The third-order valence-electron chi connectivity index (χ3n) is 10.1. The van der Waals surface area contributed by atoms with Gasteiger partial charge in [-0.25, -0.2) is 0 Å². The minimum absolute atomic E-state index is 0.886. The SMILES string of the molecule is c1ccc(-c2oc3c(-c4ccccc4)ccc(-c4ccc5ccc6c(-c7ccccc7)ccc7ccc4c5c76)c3c2-c2ccccc2)cc1. The minimum atomic E-state index is 0.886. The molecule has 9 aromatic carbocycles. The summed E-state index contributed by atoms with van der Waals surface area (Å²) in [6, 6.07) is 65.4. The van der Waals surface area contributed by atoms with Crippen molar-refractivity contribution in [3.63, 3.8) is 0 Å². The Kier molecular flexibility index (Phi) is 6.25. The largest absolute Gasteiger partial charge is 0.455 e. The van der Waals surface area contributed by atoms with Gasteiger partial charge in [-0.15, -0.1) is 0 Å². The summed E-state index contributed by atoms with van der Waals surface area (Å²) in [6.45, 7) is 0. The molecule has 1 aromatic heterocycles. The van der Waals surface area contributed by atoms with E-state index in [1.807, 2.05) is 0 Å². The first kappa shape index (κ1) is 27.7. The minimum Gasteiger partial charge on any atom is -0.455 e. The van der Waals surface area contributed by atoms with E-state index < -0.39 is 0 Å². The van der Waals surface area contributed by atoms with Crippen molar-refractivity contribution in [2.24, 2.45) is 0 Å². The summed E-state index contributed by atoms with van der Waals surface area (Å²) in [5.74, 6) is 0.886. The van der Waals surface area contributed by atoms with E-state index in [0.29, 0.717) is 0 Å². The van der Waals surface area contributed by atoms with Crippen LogP contribution in [0.3, 0.4) is 0 Å². The zero-order chi connectivity index (χ0) is 32.3. The Balaban J connectivity index is 1.33. The van der Waals surface area contributed by atoms with E-state index in [2.05, 4.69) is 182 Å². The Labute approximate surface area is 284 Å². The highest BCUT2D eigenvalue weighted by atomic mass is 16.3. The van der Waals surface area contributed by atoms with Gasteiger partial charge in [0.15, 0.2) is 0 Å². The summed E-state index contributed by atoms with van der Waals surface area (Å²) in [5, 5.41) is 8.79. The molecule has 0 bridgehead atoms. The van der Waals surface area contributed by atoms with E-state index in [0.717, 1.165) is 44.5 Å². The molecule has 0 saturated heterocycles. The lowest BCUT2D eigenvalue weighted by Gasteiger charge is -2.17. The number of furan rings is 1. The second kappa shape index (κ2) is 11.1. The molecule has 0 radical (unpaired) electrons. The van der Waals surface area contributed by atoms with Gasteiger partial charge >= 0.3 is 0 Å². The summed E-state index contributed by atoms with van der Waals surface area (Å²) < 4.78 is 7.08.